The van der Waals surface area contributed by atoms with E-state index < -0.39 is 6.04 Å². The number of benzene rings is 2. The van der Waals surface area contributed by atoms with E-state index in [1.165, 1.54) is 4.90 Å². The van der Waals surface area contributed by atoms with Gasteiger partial charge in [-0.15, -0.1) is 0 Å². The molecule has 0 radical (unpaired) electrons. The third-order valence-corrected chi connectivity index (χ3v) is 5.91. The van der Waals surface area contributed by atoms with Crippen LogP contribution in [0.4, 0.5) is 0 Å². The number of halogens is 2. The molecule has 0 spiro atoms. The second-order valence-electron chi connectivity index (χ2n) is 7.63. The lowest BCUT2D eigenvalue weighted by atomic mass is 10.1. The fourth-order valence-electron chi connectivity index (χ4n) is 2.99. The zero-order valence-electron chi connectivity index (χ0n) is 18.5. The maximum Gasteiger partial charge on any atom is 0.261 e. The zero-order chi connectivity index (χ0) is 23.0. The van der Waals surface area contributed by atoms with Gasteiger partial charge in [0, 0.05) is 13.1 Å². The Kier molecular flexibility index (Phi) is 9.66. The Bertz CT molecular complexity index is 918. The second kappa shape index (κ2) is 12.0. The Morgan fingerprint density at radius 1 is 1.06 bits per heavy atom. The molecule has 0 saturated heterocycles. The predicted molar refractivity (Wildman–Crippen MR) is 126 cm³/mol. The summed E-state index contributed by atoms with van der Waals surface area (Å²) in [6.45, 7) is 8.40. The average molecular weight is 465 g/mol. The molecule has 31 heavy (non-hydrogen) atoms. The van der Waals surface area contributed by atoms with E-state index in [9.17, 15) is 9.59 Å². The van der Waals surface area contributed by atoms with Gasteiger partial charge in [-0.05, 0) is 68.1 Å². The van der Waals surface area contributed by atoms with Crippen LogP contribution in [0.25, 0.3) is 0 Å². The summed E-state index contributed by atoms with van der Waals surface area (Å²) in [6.07, 6.45) is 1.86. The maximum atomic E-state index is 13.1. The Balaban J connectivity index is 2.15. The van der Waals surface area contributed by atoms with Crippen molar-refractivity contribution in [3.05, 3.63) is 63.1 Å². The van der Waals surface area contributed by atoms with Gasteiger partial charge in [-0.2, -0.15) is 0 Å². The lowest BCUT2D eigenvalue weighted by Crippen LogP contribution is -2.49. The van der Waals surface area contributed by atoms with Crippen LogP contribution < -0.4 is 10.1 Å². The van der Waals surface area contributed by atoms with Gasteiger partial charge < -0.3 is 15.0 Å². The van der Waals surface area contributed by atoms with Crippen molar-refractivity contribution in [2.45, 2.75) is 53.1 Å². The number of nitrogens with zero attached hydrogens (tertiary/aromatic N) is 1. The number of amides is 2. The molecule has 2 amide bonds. The fourth-order valence-corrected chi connectivity index (χ4v) is 3.31. The smallest absolute Gasteiger partial charge is 0.261 e. The Morgan fingerprint density at radius 3 is 2.45 bits per heavy atom. The topological polar surface area (TPSA) is 58.6 Å². The first-order valence-corrected chi connectivity index (χ1v) is 11.2. The Labute approximate surface area is 194 Å². The van der Waals surface area contributed by atoms with Crippen LogP contribution in [0.5, 0.6) is 5.75 Å². The summed E-state index contributed by atoms with van der Waals surface area (Å²) >= 11 is 12.1. The summed E-state index contributed by atoms with van der Waals surface area (Å²) < 4.78 is 5.72. The van der Waals surface area contributed by atoms with Crippen molar-refractivity contribution in [2.24, 2.45) is 0 Å². The molecule has 2 rings (SSSR count). The van der Waals surface area contributed by atoms with E-state index in [2.05, 4.69) is 12.2 Å². The first kappa shape index (κ1) is 25.0. The molecule has 0 unspecified atom stereocenters. The van der Waals surface area contributed by atoms with E-state index >= 15 is 0 Å². The molecule has 0 saturated carbocycles. The Hall–Kier alpha value is -2.24. The highest BCUT2D eigenvalue weighted by Gasteiger charge is 2.26. The molecule has 2 aromatic carbocycles. The van der Waals surface area contributed by atoms with E-state index in [1.807, 2.05) is 32.0 Å². The molecule has 5 nitrogen and oxygen atoms in total. The van der Waals surface area contributed by atoms with Gasteiger partial charge in [0.05, 0.1) is 10.0 Å². The van der Waals surface area contributed by atoms with E-state index in [0.29, 0.717) is 22.3 Å². The van der Waals surface area contributed by atoms with Crippen LogP contribution in [0.2, 0.25) is 10.0 Å². The van der Waals surface area contributed by atoms with Gasteiger partial charge >= 0.3 is 0 Å². The van der Waals surface area contributed by atoms with Crippen molar-refractivity contribution < 1.29 is 14.3 Å². The number of ether oxygens (including phenoxy) is 1. The lowest BCUT2D eigenvalue weighted by molar-refractivity contribution is -0.142. The monoisotopic (exact) mass is 464 g/mol. The molecular weight excluding hydrogens is 435 g/mol. The molecule has 0 aromatic heterocycles. The van der Waals surface area contributed by atoms with Crippen LogP contribution in [0.1, 0.15) is 43.4 Å². The first-order valence-electron chi connectivity index (χ1n) is 10.4. The second-order valence-corrected chi connectivity index (χ2v) is 8.44. The normalized spacial score (nSPS) is 11.7. The van der Waals surface area contributed by atoms with Gasteiger partial charge in [-0.3, -0.25) is 9.59 Å². The quantitative estimate of drug-likeness (QED) is 0.483. The van der Waals surface area contributed by atoms with Crippen molar-refractivity contribution >= 4 is 35.0 Å². The van der Waals surface area contributed by atoms with Gasteiger partial charge in [0.1, 0.15) is 11.8 Å². The van der Waals surface area contributed by atoms with Crippen LogP contribution in [0.3, 0.4) is 0 Å². The number of rotatable bonds is 10. The van der Waals surface area contributed by atoms with E-state index in [0.717, 1.165) is 29.5 Å². The highest BCUT2D eigenvalue weighted by Crippen LogP contribution is 2.24. The molecule has 7 heteroatoms. The summed E-state index contributed by atoms with van der Waals surface area (Å²) in [6, 6.07) is 10.2. The van der Waals surface area contributed by atoms with Crippen molar-refractivity contribution in [3.63, 3.8) is 0 Å². The number of hydrogen-bond acceptors (Lipinski definition) is 3. The number of carbonyl (C=O) groups excluding carboxylic acids is 2. The minimum Gasteiger partial charge on any atom is -0.484 e. The number of carbonyl (C=O) groups is 2. The Morgan fingerprint density at radius 2 is 1.81 bits per heavy atom. The summed E-state index contributed by atoms with van der Waals surface area (Å²) in [5.74, 6) is 0.126. The van der Waals surface area contributed by atoms with Crippen molar-refractivity contribution in [3.8, 4) is 5.75 Å². The lowest BCUT2D eigenvalue weighted by Gasteiger charge is -2.29. The minimum absolute atomic E-state index is 0.170. The number of unbranched alkanes of at least 4 members (excludes halogenated alkanes) is 1. The largest absolute Gasteiger partial charge is 0.484 e. The van der Waals surface area contributed by atoms with Gasteiger partial charge in [0.15, 0.2) is 6.61 Å². The average Bonchev–Trinajstić information content (AvgIpc) is 2.74. The molecule has 0 fully saturated rings. The SMILES string of the molecule is CCCCNC(=O)[C@@H](C)N(Cc1ccc(Cl)c(Cl)c1)C(=O)COc1ccc(C)c(C)c1. The number of aryl methyl sites for hydroxylation is 2. The predicted octanol–water partition coefficient (Wildman–Crippen LogP) is 5.32. The van der Waals surface area contributed by atoms with Crippen LogP contribution >= 0.6 is 23.2 Å². The molecule has 0 heterocycles. The molecule has 0 bridgehead atoms. The number of hydrogen-bond donors (Lipinski definition) is 1. The molecule has 0 aliphatic rings. The molecule has 0 aliphatic heterocycles. The first-order chi connectivity index (χ1) is 14.7. The van der Waals surface area contributed by atoms with E-state index in [4.69, 9.17) is 27.9 Å². The highest BCUT2D eigenvalue weighted by molar-refractivity contribution is 6.42. The molecule has 168 valence electrons. The van der Waals surface area contributed by atoms with Crippen LogP contribution in [0.15, 0.2) is 36.4 Å². The van der Waals surface area contributed by atoms with Crippen molar-refractivity contribution in [1.29, 1.82) is 0 Å². The summed E-state index contributed by atoms with van der Waals surface area (Å²) in [7, 11) is 0. The van der Waals surface area contributed by atoms with Crippen molar-refractivity contribution in [2.75, 3.05) is 13.2 Å². The van der Waals surface area contributed by atoms with Gasteiger partial charge in [-0.25, -0.2) is 0 Å². The molecular formula is C24H30Cl2N2O3. The molecule has 2 aromatic rings. The van der Waals surface area contributed by atoms with Gasteiger partial charge in [0.25, 0.3) is 5.91 Å². The van der Waals surface area contributed by atoms with E-state index in [1.54, 1.807) is 25.1 Å². The molecule has 1 N–H and O–H groups in total. The van der Waals surface area contributed by atoms with Gasteiger partial charge in [-0.1, -0.05) is 48.7 Å². The third kappa shape index (κ3) is 7.44. The zero-order valence-corrected chi connectivity index (χ0v) is 20.0. The standard InChI is InChI=1S/C24H30Cl2N2O3/c1-5-6-11-27-24(30)18(4)28(14-19-8-10-21(25)22(26)13-19)23(29)15-31-20-9-7-16(2)17(3)12-20/h7-10,12-13,18H,5-6,11,14-15H2,1-4H3,(H,27,30)/t18-/m1/s1. The molecule has 1 atom stereocenters. The highest BCUT2D eigenvalue weighted by atomic mass is 35.5. The van der Waals surface area contributed by atoms with Crippen LogP contribution in [-0.4, -0.2) is 35.9 Å². The third-order valence-electron chi connectivity index (χ3n) is 5.17. The number of nitrogens with one attached hydrogen (secondary N) is 1. The summed E-state index contributed by atoms with van der Waals surface area (Å²) in [5, 5.41) is 3.73. The van der Waals surface area contributed by atoms with Gasteiger partial charge in [0.2, 0.25) is 5.91 Å². The summed E-state index contributed by atoms with van der Waals surface area (Å²) in [5.41, 5.74) is 3.01. The van der Waals surface area contributed by atoms with Crippen molar-refractivity contribution in [1.82, 2.24) is 10.2 Å². The maximum absolute atomic E-state index is 13.1. The van der Waals surface area contributed by atoms with Crippen LogP contribution in [-0.2, 0) is 16.1 Å². The molecule has 0 aliphatic carbocycles. The van der Waals surface area contributed by atoms with Crippen LogP contribution in [0, 0.1) is 13.8 Å². The van der Waals surface area contributed by atoms with E-state index in [-0.39, 0.29) is 25.0 Å². The summed E-state index contributed by atoms with van der Waals surface area (Å²) in [4.78, 5) is 27.2. The minimum atomic E-state index is -0.665. The fraction of sp³-hybridized carbons (Fsp3) is 0.417.